The Morgan fingerprint density at radius 3 is 1.83 bits per heavy atom. The van der Waals surface area contributed by atoms with Crippen molar-refractivity contribution in [3.8, 4) is 5.75 Å². The van der Waals surface area contributed by atoms with Gasteiger partial charge in [-0.05, 0) is 77.7 Å². The SMILES string of the molecule is O=S(=O)(O)OCCS(=O)(=O)c1ccc(Nc2nc(Cl)nc(Nc3ccc4c(O)c(/N=N/c5ccc6c(S(=O)(=O)O)cccc6c5S(=O)(=O)O)c(S(=O)(=O)O)cc4c3)n2)cc1. The maximum Gasteiger partial charge on any atom is 0.397 e. The number of anilines is 4. The highest BCUT2D eigenvalue weighted by Gasteiger charge is 2.26. The Labute approximate surface area is 343 Å². The van der Waals surface area contributed by atoms with Crippen molar-refractivity contribution in [2.45, 2.75) is 19.6 Å². The van der Waals surface area contributed by atoms with Crippen LogP contribution in [0.5, 0.6) is 5.75 Å². The molecule has 29 heteroatoms. The minimum atomic E-state index is -5.21. The van der Waals surface area contributed by atoms with Crippen LogP contribution in [0, 0.1) is 0 Å². The number of benzene rings is 5. The second kappa shape index (κ2) is 16.2. The van der Waals surface area contributed by atoms with E-state index in [0.29, 0.717) is 0 Å². The molecule has 1 aromatic heterocycles. The fourth-order valence-corrected chi connectivity index (χ4v) is 9.37. The van der Waals surface area contributed by atoms with Crippen LogP contribution in [0.1, 0.15) is 0 Å². The van der Waals surface area contributed by atoms with Crippen molar-refractivity contribution in [3.05, 3.63) is 84.1 Å². The van der Waals surface area contributed by atoms with Gasteiger partial charge >= 0.3 is 10.4 Å². The summed E-state index contributed by atoms with van der Waals surface area (Å²) in [6.45, 7) is -0.823. The Hall–Kier alpha value is -5.53. The van der Waals surface area contributed by atoms with Crippen LogP contribution < -0.4 is 10.6 Å². The van der Waals surface area contributed by atoms with Crippen molar-refractivity contribution < 1.29 is 69.6 Å². The zero-order chi connectivity index (χ0) is 44.0. The number of fused-ring (bicyclic) bond motifs is 2. The molecule has 0 saturated heterocycles. The van der Waals surface area contributed by atoms with E-state index in [4.69, 9.17) is 16.2 Å². The number of azo groups is 1. The molecule has 60 heavy (non-hydrogen) atoms. The fourth-order valence-electron chi connectivity index (χ4n) is 5.52. The lowest BCUT2D eigenvalue weighted by Crippen LogP contribution is -2.15. The highest BCUT2D eigenvalue weighted by atomic mass is 35.5. The monoisotopic (exact) mass is 945 g/mol. The molecule has 0 amide bonds. The number of aromatic nitrogens is 3. The van der Waals surface area contributed by atoms with Crippen molar-refractivity contribution in [1.29, 1.82) is 0 Å². The molecule has 23 nitrogen and oxygen atoms in total. The van der Waals surface area contributed by atoms with Crippen LogP contribution in [0.25, 0.3) is 21.5 Å². The smallest absolute Gasteiger partial charge is 0.397 e. The number of hydrogen-bond donors (Lipinski definition) is 7. The average molecular weight is 946 g/mol. The van der Waals surface area contributed by atoms with Gasteiger partial charge in [0.15, 0.2) is 15.6 Å². The number of phenolic OH excluding ortho intramolecular Hbond substituents is 1. The number of hydrogen-bond acceptors (Lipinski definition) is 19. The zero-order valence-electron chi connectivity index (χ0n) is 29.3. The quantitative estimate of drug-likeness (QED) is 0.0571. The van der Waals surface area contributed by atoms with Gasteiger partial charge in [-0.15, -0.1) is 10.2 Å². The molecular formula is C31H24ClN7O16S5. The van der Waals surface area contributed by atoms with Gasteiger partial charge in [-0.1, -0.05) is 18.2 Å². The molecule has 6 rings (SSSR count). The second-order valence-corrected chi connectivity index (χ2v) is 19.7. The Balaban J connectivity index is 1.30. The summed E-state index contributed by atoms with van der Waals surface area (Å²) in [5, 5.41) is 23.0. The number of sulfone groups is 1. The van der Waals surface area contributed by atoms with Gasteiger partial charge in [0.05, 0.1) is 17.3 Å². The highest BCUT2D eigenvalue weighted by molar-refractivity contribution is 7.91. The van der Waals surface area contributed by atoms with E-state index in [0.717, 1.165) is 36.4 Å². The van der Waals surface area contributed by atoms with Crippen molar-refractivity contribution in [3.63, 3.8) is 0 Å². The van der Waals surface area contributed by atoms with Crippen LogP contribution in [0.3, 0.4) is 0 Å². The predicted molar refractivity (Wildman–Crippen MR) is 211 cm³/mol. The standard InChI is InChI=1S/C31H24ClN7O16S5/c32-29-35-30(33-17-4-7-19(8-5-17)56(41,42)13-12-55-60(52,53)54)37-31(36-29)34-18-6-9-20-16(14-18)15-25(58(46,47)48)26(27(20)40)39-38-23-11-10-21-22(28(23)59(49,50)51)2-1-3-24(21)57(43,44)45/h1-11,14-15,40H,12-13H2,(H,43,44,45)(H,46,47,48)(H,49,50,51)(H,52,53,54)(H2,33,34,35,36,37)/b39-38+. The largest absolute Gasteiger partial charge is 0.505 e. The molecular weight excluding hydrogens is 922 g/mol. The van der Waals surface area contributed by atoms with Gasteiger partial charge < -0.3 is 15.7 Å². The Kier molecular flexibility index (Phi) is 11.9. The molecule has 316 valence electrons. The second-order valence-electron chi connectivity index (χ2n) is 12.0. The summed E-state index contributed by atoms with van der Waals surface area (Å²) in [5.74, 6) is -1.93. The van der Waals surface area contributed by atoms with Crippen LogP contribution in [0.2, 0.25) is 5.28 Å². The van der Waals surface area contributed by atoms with Crippen molar-refractivity contribution in [2.24, 2.45) is 10.2 Å². The third kappa shape index (κ3) is 10.1. The molecule has 0 unspecified atom stereocenters. The summed E-state index contributed by atoms with van der Waals surface area (Å²) in [7, 11) is -24.1. The van der Waals surface area contributed by atoms with E-state index in [-0.39, 0.29) is 49.6 Å². The molecule has 7 N–H and O–H groups in total. The Morgan fingerprint density at radius 2 is 1.23 bits per heavy atom. The summed E-state index contributed by atoms with van der Waals surface area (Å²) in [6.07, 6.45) is 0. The normalized spacial score (nSPS) is 12.9. The molecule has 1 heterocycles. The van der Waals surface area contributed by atoms with Crippen LogP contribution in [-0.2, 0) is 54.8 Å². The third-order valence-corrected chi connectivity index (χ3v) is 13.0. The topological polar surface area (TPSA) is 369 Å². The zero-order valence-corrected chi connectivity index (χ0v) is 34.1. The lowest BCUT2D eigenvalue weighted by Gasteiger charge is -2.12. The first kappa shape index (κ1) is 44.0. The molecule has 0 atom stereocenters. The maximum absolute atomic E-state index is 12.5. The summed E-state index contributed by atoms with van der Waals surface area (Å²) < 4.78 is 163. The van der Waals surface area contributed by atoms with E-state index in [1.54, 1.807) is 0 Å². The van der Waals surface area contributed by atoms with E-state index >= 15 is 0 Å². The molecule has 0 spiro atoms. The molecule has 5 aromatic carbocycles. The first-order valence-corrected chi connectivity index (χ1v) is 23.6. The van der Waals surface area contributed by atoms with Crippen LogP contribution in [0.4, 0.5) is 34.6 Å². The van der Waals surface area contributed by atoms with Crippen molar-refractivity contribution >= 4 is 118 Å². The summed E-state index contributed by atoms with van der Waals surface area (Å²) in [4.78, 5) is 9.21. The first-order chi connectivity index (χ1) is 27.8. The molecule has 0 aliphatic rings. The number of nitrogens with one attached hydrogen (secondary N) is 2. The van der Waals surface area contributed by atoms with Gasteiger partial charge in [0.2, 0.25) is 17.2 Å². The summed E-state index contributed by atoms with van der Waals surface area (Å²) >= 11 is 6.09. The minimum absolute atomic E-state index is 0.0239. The van der Waals surface area contributed by atoms with Gasteiger partial charge in [-0.25, -0.2) is 12.6 Å². The molecule has 0 aliphatic heterocycles. The Morgan fingerprint density at radius 1 is 0.633 bits per heavy atom. The van der Waals surface area contributed by atoms with Crippen molar-refractivity contribution in [2.75, 3.05) is 23.0 Å². The lowest BCUT2D eigenvalue weighted by atomic mass is 10.1. The maximum atomic E-state index is 12.5. The Bertz CT molecular complexity index is 3340. The fraction of sp³-hybridized carbons (Fsp3) is 0.0645. The van der Waals surface area contributed by atoms with Gasteiger partial charge in [0, 0.05) is 27.5 Å². The number of halogens is 1. The number of rotatable bonds is 14. The molecule has 0 bridgehead atoms. The van der Waals surface area contributed by atoms with Gasteiger partial charge in [-0.3, -0.25) is 18.2 Å². The number of aromatic hydroxyl groups is 1. The van der Waals surface area contributed by atoms with E-state index < -0.39 is 100 Å². The lowest BCUT2D eigenvalue weighted by molar-refractivity contribution is 0.284. The van der Waals surface area contributed by atoms with Crippen LogP contribution >= 0.6 is 11.6 Å². The molecule has 6 aromatic rings. The molecule has 0 saturated carbocycles. The predicted octanol–water partition coefficient (Wildman–Crippen LogP) is 4.77. The number of phenols is 1. The third-order valence-electron chi connectivity index (χ3n) is 7.99. The van der Waals surface area contributed by atoms with Crippen LogP contribution in [0.15, 0.2) is 109 Å². The van der Waals surface area contributed by atoms with Gasteiger partial charge in [-0.2, -0.15) is 48.6 Å². The average Bonchev–Trinajstić information content (AvgIpc) is 3.12. The summed E-state index contributed by atoms with van der Waals surface area (Å²) in [5.41, 5.74) is -1.09. The molecule has 0 radical (unpaired) electrons. The van der Waals surface area contributed by atoms with E-state index in [1.807, 2.05) is 0 Å². The molecule has 0 fully saturated rings. The number of nitrogens with zero attached hydrogens (tertiary/aromatic N) is 5. The minimum Gasteiger partial charge on any atom is -0.505 e. The van der Waals surface area contributed by atoms with Crippen molar-refractivity contribution in [1.82, 2.24) is 15.0 Å². The van der Waals surface area contributed by atoms with Gasteiger partial charge in [0.1, 0.15) is 26.1 Å². The highest BCUT2D eigenvalue weighted by Crippen LogP contribution is 2.43. The van der Waals surface area contributed by atoms with Gasteiger partial charge in [0.25, 0.3) is 30.4 Å². The molecule has 0 aliphatic carbocycles. The van der Waals surface area contributed by atoms with E-state index in [2.05, 4.69) is 40.0 Å². The first-order valence-electron chi connectivity index (χ1n) is 15.9. The van der Waals surface area contributed by atoms with E-state index in [1.165, 1.54) is 42.5 Å². The van der Waals surface area contributed by atoms with Crippen LogP contribution in [-0.4, -0.2) is 92.7 Å². The summed E-state index contributed by atoms with van der Waals surface area (Å²) in [6, 6.07) is 14.9. The van der Waals surface area contributed by atoms with E-state index in [9.17, 15) is 60.9 Å².